The Bertz CT molecular complexity index is 6020. The van der Waals surface area contributed by atoms with Gasteiger partial charge in [0.2, 0.25) is 0 Å². The number of carbonyl (C=O) groups is 4. The van der Waals surface area contributed by atoms with Gasteiger partial charge in [-0.15, -0.1) is 0 Å². The van der Waals surface area contributed by atoms with Crippen LogP contribution in [0.3, 0.4) is 0 Å². The lowest BCUT2D eigenvalue weighted by Gasteiger charge is -2.12. The van der Waals surface area contributed by atoms with Gasteiger partial charge in [-0.3, -0.25) is 19.9 Å². The van der Waals surface area contributed by atoms with E-state index in [0.29, 0.717) is 56.5 Å². The molecule has 21 nitrogen and oxygen atoms in total. The number of methoxy groups -OCH3 is 2. The molecule has 0 aliphatic heterocycles. The third-order valence-corrected chi connectivity index (χ3v) is 17.0. The fraction of sp³-hybridized carbons (Fsp3) is 0.0500. The lowest BCUT2D eigenvalue weighted by Crippen LogP contribution is -2.07. The molecule has 104 heavy (non-hydrogen) atoms. The van der Waals surface area contributed by atoms with Crippen molar-refractivity contribution in [2.75, 3.05) is 42.0 Å². The average molecular weight is 1400 g/mol. The monoisotopic (exact) mass is 1400 g/mol. The SMILES string of the molecule is COC(=O)c1ccc2c(c1)nc(Nc1cccc(OC)c1)c1ccncc12.O=C(O)c1ccc2c(c1)nc(NCCc1ccccc1)c1ccncc12.O=C(O)c1ccc2c(c1)nc(Nc1ccc(F)c(Cl)c1)c1ccncc12.O=C(O)c1ccc2c(c1)nc(Nc1cccc(F)c1)c1ccncc12. The minimum atomic E-state index is -1.03. The summed E-state index contributed by atoms with van der Waals surface area (Å²) >= 11 is 5.84. The summed E-state index contributed by atoms with van der Waals surface area (Å²) in [6, 6.07) is 55.5. The summed E-state index contributed by atoms with van der Waals surface area (Å²) in [7, 11) is 2.99. The predicted molar refractivity (Wildman–Crippen MR) is 400 cm³/mol. The van der Waals surface area contributed by atoms with E-state index in [1.807, 2.05) is 66.7 Å². The van der Waals surface area contributed by atoms with E-state index < -0.39 is 29.7 Å². The van der Waals surface area contributed by atoms with E-state index in [-0.39, 0.29) is 27.5 Å². The molecule has 8 aromatic carbocycles. The third kappa shape index (κ3) is 15.3. The molecule has 0 aliphatic rings. The highest BCUT2D eigenvalue weighted by Gasteiger charge is 2.18. The summed E-state index contributed by atoms with van der Waals surface area (Å²) in [5.41, 5.74) is 6.57. The zero-order valence-electron chi connectivity index (χ0n) is 55.0. The number of nitrogens with zero attached hydrogens (tertiary/aromatic N) is 8. The number of fused-ring (bicyclic) bond motifs is 12. The summed E-state index contributed by atoms with van der Waals surface area (Å²) in [6.45, 7) is 0.735. The molecule has 0 amide bonds. The highest BCUT2D eigenvalue weighted by atomic mass is 35.5. The molecule has 8 aromatic heterocycles. The number of aromatic nitrogens is 8. The molecule has 0 spiro atoms. The van der Waals surface area contributed by atoms with Gasteiger partial charge in [-0.1, -0.05) is 78.3 Å². The minimum Gasteiger partial charge on any atom is -0.497 e. The molecule has 24 heteroatoms. The maximum absolute atomic E-state index is 13.4. The lowest BCUT2D eigenvalue weighted by atomic mass is 10.1. The topological polar surface area (TPSA) is 299 Å². The van der Waals surface area contributed by atoms with Crippen LogP contribution >= 0.6 is 11.6 Å². The van der Waals surface area contributed by atoms with Crippen LogP contribution in [0.25, 0.3) is 86.7 Å². The number of halogens is 3. The average Bonchev–Trinajstić information content (AvgIpc) is 0.790. The van der Waals surface area contributed by atoms with E-state index in [4.69, 9.17) is 26.1 Å². The smallest absolute Gasteiger partial charge is 0.337 e. The number of hydrogen-bond donors (Lipinski definition) is 7. The van der Waals surface area contributed by atoms with E-state index in [9.17, 15) is 43.3 Å². The van der Waals surface area contributed by atoms with E-state index >= 15 is 0 Å². The maximum atomic E-state index is 13.4. The van der Waals surface area contributed by atoms with Crippen LogP contribution in [-0.4, -0.2) is 99.8 Å². The molecule has 0 saturated heterocycles. The molecule has 0 saturated carbocycles. The zero-order chi connectivity index (χ0) is 72.4. The number of carboxylic acids is 3. The number of carbonyl (C=O) groups excluding carboxylic acids is 1. The van der Waals surface area contributed by atoms with Gasteiger partial charge in [0.15, 0.2) is 0 Å². The zero-order valence-corrected chi connectivity index (χ0v) is 55.8. The van der Waals surface area contributed by atoms with Gasteiger partial charge in [-0.05, 0) is 133 Å². The molecule has 16 aromatic rings. The van der Waals surface area contributed by atoms with Crippen molar-refractivity contribution >= 4 is 163 Å². The van der Waals surface area contributed by atoms with Gasteiger partial charge < -0.3 is 46.1 Å². The third-order valence-electron chi connectivity index (χ3n) is 16.7. The first-order chi connectivity index (χ1) is 50.5. The van der Waals surface area contributed by atoms with Crippen LogP contribution in [0.4, 0.5) is 49.1 Å². The van der Waals surface area contributed by atoms with Crippen molar-refractivity contribution in [1.82, 2.24) is 39.9 Å². The molecular weight excluding hydrogens is 1350 g/mol. The van der Waals surface area contributed by atoms with Crippen molar-refractivity contribution < 1.29 is 52.8 Å². The van der Waals surface area contributed by atoms with Gasteiger partial charge in [0.05, 0.1) is 63.6 Å². The molecule has 0 aliphatic carbocycles. The number of ether oxygens (including phenoxy) is 2. The first-order valence-electron chi connectivity index (χ1n) is 32.0. The highest BCUT2D eigenvalue weighted by Crippen LogP contribution is 2.36. The molecule has 16 rings (SSSR count). The Kier molecular flexibility index (Phi) is 20.2. The quantitative estimate of drug-likeness (QED) is 0.0371. The minimum absolute atomic E-state index is 0.00470. The Hall–Kier alpha value is -13.9. The van der Waals surface area contributed by atoms with E-state index in [0.717, 1.165) is 94.9 Å². The Labute approximate surface area is 594 Å². The van der Waals surface area contributed by atoms with Gasteiger partial charge in [-0.25, -0.2) is 47.9 Å². The van der Waals surface area contributed by atoms with E-state index in [2.05, 4.69) is 68.3 Å². The van der Waals surface area contributed by atoms with Crippen LogP contribution in [0.5, 0.6) is 5.75 Å². The number of anilines is 7. The molecule has 7 N–H and O–H groups in total. The predicted octanol–water partition coefficient (Wildman–Crippen LogP) is 17.8. The van der Waals surface area contributed by atoms with E-state index in [1.54, 1.807) is 129 Å². The molecular formula is C80H57ClF2N12O9. The molecule has 0 radical (unpaired) electrons. The largest absolute Gasteiger partial charge is 0.497 e. The standard InChI is InChI=1S/C21H17N3O3.C21H17N3O2.C19H11ClFN3O2.C19H12FN3O2/c1-26-15-5-3-4-14(11-15)23-20-17-8-9-22-12-18(17)16-7-6-13(21(25)27-2)10-19(16)24-20;25-21(26)15-6-7-16-18-13-22-10-9-17(18)20(24-19(16)12-15)23-11-8-14-4-2-1-3-5-14;20-15-8-11(2-4-16(15)21)23-18-13-5-6-22-9-14(13)12-3-1-10(19(25)26)7-17(12)24-18;20-12-2-1-3-13(9-12)22-18-15-6-7-21-10-16(15)14-5-4-11(19(24)25)8-17(14)23-18/h3-12H,1-2H3,(H,23,24);1-7,9-10,12-13H,8,11H2,(H,23,24)(H,25,26);1-9H,(H,23,24)(H,25,26);1-10H,(H,22,23)(H,24,25). The molecule has 0 unspecified atom stereocenters. The van der Waals surface area contributed by atoms with Crippen molar-refractivity contribution in [3.05, 3.63) is 288 Å². The summed E-state index contributed by atoms with van der Waals surface area (Å²) < 4.78 is 36.9. The van der Waals surface area contributed by atoms with Gasteiger partial charge in [0.1, 0.15) is 40.7 Å². The first-order valence-corrected chi connectivity index (χ1v) is 32.4. The summed E-state index contributed by atoms with van der Waals surface area (Å²) in [6.07, 6.45) is 14.6. The summed E-state index contributed by atoms with van der Waals surface area (Å²) in [5.74, 6) is -1.09. The normalized spacial score (nSPS) is 10.9. The molecule has 0 fully saturated rings. The fourth-order valence-electron chi connectivity index (χ4n) is 11.7. The molecule has 0 atom stereocenters. The van der Waals surface area contributed by atoms with Crippen LogP contribution in [0, 0.1) is 11.6 Å². The summed E-state index contributed by atoms with van der Waals surface area (Å²) in [4.78, 5) is 80.9. The second-order valence-corrected chi connectivity index (χ2v) is 23.7. The van der Waals surface area contributed by atoms with Crippen molar-refractivity contribution in [3.63, 3.8) is 0 Å². The number of pyridine rings is 8. The Morgan fingerprint density at radius 1 is 0.404 bits per heavy atom. The molecule has 8 heterocycles. The van der Waals surface area contributed by atoms with Crippen LogP contribution in [0.2, 0.25) is 5.02 Å². The Morgan fingerprint density at radius 2 is 0.808 bits per heavy atom. The number of nitrogens with one attached hydrogen (secondary N) is 4. The number of esters is 1. The second-order valence-electron chi connectivity index (χ2n) is 23.3. The van der Waals surface area contributed by atoms with E-state index in [1.165, 1.54) is 55.1 Å². The van der Waals surface area contributed by atoms with Crippen molar-refractivity contribution in [1.29, 1.82) is 0 Å². The van der Waals surface area contributed by atoms with Crippen molar-refractivity contribution in [2.24, 2.45) is 0 Å². The van der Waals surface area contributed by atoms with Gasteiger partial charge in [-0.2, -0.15) is 0 Å². The van der Waals surface area contributed by atoms with Crippen molar-refractivity contribution in [2.45, 2.75) is 6.42 Å². The lowest BCUT2D eigenvalue weighted by molar-refractivity contribution is 0.0598. The highest BCUT2D eigenvalue weighted by molar-refractivity contribution is 6.31. The number of rotatable bonds is 15. The Balaban J connectivity index is 0.000000123. The number of carboxylic acid groups (broad SMARTS) is 3. The van der Waals surface area contributed by atoms with Crippen LogP contribution < -0.4 is 26.0 Å². The number of hydrogen-bond acceptors (Lipinski definition) is 18. The van der Waals surface area contributed by atoms with Gasteiger partial charge in [0, 0.05) is 144 Å². The van der Waals surface area contributed by atoms with Crippen LogP contribution in [0.1, 0.15) is 47.0 Å². The number of aromatic carboxylic acids is 3. The van der Waals surface area contributed by atoms with Gasteiger partial charge in [0.25, 0.3) is 0 Å². The Morgan fingerprint density at radius 3 is 1.23 bits per heavy atom. The molecule has 0 bridgehead atoms. The number of benzene rings is 8. The summed E-state index contributed by atoms with van der Waals surface area (Å²) in [5, 5.41) is 51.1. The first kappa shape index (κ1) is 68.6. The maximum Gasteiger partial charge on any atom is 0.337 e. The molecule has 512 valence electrons. The fourth-order valence-corrected chi connectivity index (χ4v) is 11.9. The van der Waals surface area contributed by atoms with Crippen LogP contribution in [-0.2, 0) is 11.2 Å². The van der Waals surface area contributed by atoms with Gasteiger partial charge >= 0.3 is 23.9 Å². The second kappa shape index (κ2) is 30.7. The van der Waals surface area contributed by atoms with Crippen LogP contribution in [0.15, 0.2) is 244 Å². The van der Waals surface area contributed by atoms with Crippen molar-refractivity contribution in [3.8, 4) is 5.75 Å².